The number of ether oxygens (including phenoxy) is 1. The van der Waals surface area contributed by atoms with Crippen molar-refractivity contribution in [2.45, 2.75) is 59.4 Å². The smallest absolute Gasteiger partial charge is 0.410 e. The molecule has 1 N–H and O–H groups in total. The van der Waals surface area contributed by atoms with Gasteiger partial charge < -0.3 is 15.0 Å². The number of nitrogens with zero attached hydrogens (tertiary/aromatic N) is 2. The van der Waals surface area contributed by atoms with Crippen LogP contribution in [-0.2, 0) is 24.8 Å². The molecule has 1 aliphatic heterocycles. The lowest BCUT2D eigenvalue weighted by molar-refractivity contribution is -0.140. The summed E-state index contributed by atoms with van der Waals surface area (Å²) < 4.78 is 32.5. The molecule has 0 unspecified atom stereocenters. The zero-order valence-electron chi connectivity index (χ0n) is 19.1. The Hall–Kier alpha value is -2.80. The number of carbonyl (C=O) groups is 2. The van der Waals surface area contributed by atoms with Gasteiger partial charge in [-0.1, -0.05) is 47.5 Å². The minimum atomic E-state index is -3.93. The Morgan fingerprint density at radius 3 is 2.31 bits per heavy atom. The number of likely N-dealkylation sites (tertiary alicyclic amines) is 1. The fraction of sp³-hybridized carbons (Fsp3) is 0.400. The monoisotopic (exact) mass is 547 g/mol. The van der Waals surface area contributed by atoms with Crippen LogP contribution in [0, 0.1) is 11.3 Å². The molecule has 2 amide bonds. The number of nitrogens with one attached hydrogen (secondary N) is 1. The van der Waals surface area contributed by atoms with E-state index in [9.17, 15) is 23.3 Å². The number of halogens is 2. The number of carbonyl (C=O) groups excluding carboxylic acids is 2. The van der Waals surface area contributed by atoms with Crippen LogP contribution in [-0.4, -0.2) is 48.9 Å². The predicted molar refractivity (Wildman–Crippen MR) is 132 cm³/mol. The fourth-order valence-electron chi connectivity index (χ4n) is 4.70. The molecule has 3 fully saturated rings. The van der Waals surface area contributed by atoms with E-state index in [2.05, 4.69) is 5.32 Å². The van der Waals surface area contributed by atoms with Crippen molar-refractivity contribution < 1.29 is 22.7 Å². The van der Waals surface area contributed by atoms with Gasteiger partial charge in [0.2, 0.25) is 5.91 Å². The number of benzene rings is 2. The van der Waals surface area contributed by atoms with E-state index in [4.69, 9.17) is 27.9 Å². The van der Waals surface area contributed by atoms with Crippen LogP contribution < -0.4 is 5.32 Å². The van der Waals surface area contributed by atoms with Gasteiger partial charge in [-0.15, -0.1) is 0 Å². The summed E-state index contributed by atoms with van der Waals surface area (Å²) in [6.45, 7) is -0.150. The fourth-order valence-corrected chi connectivity index (χ4v) is 7.03. The largest absolute Gasteiger partial charge is 0.425 e. The first kappa shape index (κ1) is 24.9. The average Bonchev–Trinajstić information content (AvgIpc) is 3.77. The Labute approximate surface area is 219 Å². The van der Waals surface area contributed by atoms with Gasteiger partial charge in [-0.2, -0.15) is 5.26 Å². The van der Waals surface area contributed by atoms with Crippen LogP contribution in [0.3, 0.4) is 0 Å². The Balaban J connectivity index is 1.43. The van der Waals surface area contributed by atoms with E-state index in [1.54, 1.807) is 36.4 Å². The molecule has 0 bridgehead atoms. The lowest BCUT2D eigenvalue weighted by Crippen LogP contribution is -2.46. The SMILES string of the molecule is N#CC1(NC(=O)O[C@H]2C[C@@H](S(=O)(=O)c3ccccc3Cl)CN2C(=O)C2(c3ccc(Cl)cc3)CC2)CC1. The molecule has 2 aromatic carbocycles. The summed E-state index contributed by atoms with van der Waals surface area (Å²) in [5, 5.41) is 11.4. The maximum atomic E-state index is 13.8. The number of rotatable bonds is 6. The molecule has 36 heavy (non-hydrogen) atoms. The average molecular weight is 548 g/mol. The van der Waals surface area contributed by atoms with Gasteiger partial charge in [-0.05, 0) is 55.5 Å². The maximum absolute atomic E-state index is 13.8. The topological polar surface area (TPSA) is 117 Å². The third-order valence-corrected chi connectivity index (χ3v) is 10.0. The second-order valence-electron chi connectivity index (χ2n) is 9.56. The molecule has 11 heteroatoms. The number of alkyl carbamates (subject to hydrolysis) is 1. The van der Waals surface area contributed by atoms with Gasteiger partial charge in [-0.3, -0.25) is 4.79 Å². The third kappa shape index (κ3) is 4.42. The van der Waals surface area contributed by atoms with Gasteiger partial charge in [0.05, 0.1) is 26.7 Å². The van der Waals surface area contributed by atoms with Gasteiger partial charge in [0.25, 0.3) is 0 Å². The molecule has 188 valence electrons. The summed E-state index contributed by atoms with van der Waals surface area (Å²) in [7, 11) is -3.93. The minimum Gasteiger partial charge on any atom is -0.425 e. The van der Waals surface area contributed by atoms with Gasteiger partial charge in [0, 0.05) is 18.0 Å². The van der Waals surface area contributed by atoms with E-state index >= 15 is 0 Å². The lowest BCUT2D eigenvalue weighted by atomic mass is 9.94. The molecule has 0 aromatic heterocycles. The molecular formula is C25H23Cl2N3O5S. The highest BCUT2D eigenvalue weighted by Gasteiger charge is 2.57. The van der Waals surface area contributed by atoms with Crippen molar-refractivity contribution in [1.82, 2.24) is 10.2 Å². The first-order valence-corrected chi connectivity index (χ1v) is 13.9. The lowest BCUT2D eigenvalue weighted by Gasteiger charge is -2.29. The number of amides is 2. The summed E-state index contributed by atoms with van der Waals surface area (Å²) in [6.07, 6.45) is 0.112. The maximum Gasteiger partial charge on any atom is 0.410 e. The number of sulfone groups is 1. The van der Waals surface area contributed by atoms with Crippen molar-refractivity contribution in [3.63, 3.8) is 0 Å². The molecule has 8 nitrogen and oxygen atoms in total. The Morgan fingerprint density at radius 2 is 1.72 bits per heavy atom. The minimum absolute atomic E-state index is 0.0329. The summed E-state index contributed by atoms with van der Waals surface area (Å²) in [5.41, 5.74) is -1.01. The van der Waals surface area contributed by atoms with E-state index < -0.39 is 38.4 Å². The molecule has 1 heterocycles. The second kappa shape index (κ2) is 8.94. The van der Waals surface area contributed by atoms with Crippen LogP contribution in [0.2, 0.25) is 10.0 Å². The van der Waals surface area contributed by atoms with Crippen molar-refractivity contribution in [2.75, 3.05) is 6.54 Å². The molecular weight excluding hydrogens is 525 g/mol. The van der Waals surface area contributed by atoms with Crippen molar-refractivity contribution in [3.05, 3.63) is 64.1 Å². The van der Waals surface area contributed by atoms with Gasteiger partial charge in [0.1, 0.15) is 5.54 Å². The van der Waals surface area contributed by atoms with Crippen LogP contribution in [0.25, 0.3) is 0 Å². The first-order chi connectivity index (χ1) is 17.1. The van der Waals surface area contributed by atoms with Crippen LogP contribution in [0.4, 0.5) is 4.79 Å². The molecule has 2 atom stereocenters. The summed E-state index contributed by atoms with van der Waals surface area (Å²) >= 11 is 12.2. The van der Waals surface area contributed by atoms with E-state index in [1.807, 2.05) is 6.07 Å². The van der Waals surface area contributed by atoms with Gasteiger partial charge in [-0.25, -0.2) is 13.2 Å². The molecule has 2 saturated carbocycles. The highest BCUT2D eigenvalue weighted by Crippen LogP contribution is 2.51. The van der Waals surface area contributed by atoms with Crippen molar-refractivity contribution in [1.29, 1.82) is 5.26 Å². The van der Waals surface area contributed by atoms with Crippen molar-refractivity contribution in [3.8, 4) is 6.07 Å². The van der Waals surface area contributed by atoms with Crippen molar-refractivity contribution in [2.24, 2.45) is 0 Å². The molecule has 0 radical (unpaired) electrons. The van der Waals surface area contributed by atoms with Crippen molar-refractivity contribution >= 4 is 45.0 Å². The zero-order valence-corrected chi connectivity index (χ0v) is 21.4. The Morgan fingerprint density at radius 1 is 1.06 bits per heavy atom. The Bertz CT molecular complexity index is 1360. The zero-order chi connectivity index (χ0) is 25.7. The number of hydrogen-bond donors (Lipinski definition) is 1. The van der Waals surface area contributed by atoms with Gasteiger partial charge >= 0.3 is 6.09 Å². The molecule has 0 spiro atoms. The van der Waals surface area contributed by atoms with Gasteiger partial charge in [0.15, 0.2) is 16.1 Å². The first-order valence-electron chi connectivity index (χ1n) is 11.6. The number of nitriles is 1. The van der Waals surface area contributed by atoms with E-state index in [0.29, 0.717) is 30.7 Å². The second-order valence-corrected chi connectivity index (χ2v) is 12.6. The number of hydrogen-bond acceptors (Lipinski definition) is 6. The molecule has 2 aromatic rings. The standard InChI is InChI=1S/C25H23Cl2N3O5S/c26-17-7-5-16(6-8-17)25(11-12-25)22(31)30-14-18(36(33,34)20-4-2-1-3-19(20)27)13-21(30)35-23(32)29-24(15-28)9-10-24/h1-8,18,21H,9-14H2,(H,29,32)/t18-,21+/m1/s1. The Kier molecular flexibility index (Phi) is 6.18. The van der Waals surface area contributed by atoms with E-state index in [1.165, 1.54) is 17.0 Å². The van der Waals surface area contributed by atoms with Crippen LogP contribution in [0.15, 0.2) is 53.4 Å². The summed E-state index contributed by atoms with van der Waals surface area (Å²) in [6, 6.07) is 15.2. The van der Waals surface area contributed by atoms with E-state index in [-0.39, 0.29) is 28.8 Å². The molecule has 2 aliphatic carbocycles. The molecule has 3 aliphatic rings. The molecule has 1 saturated heterocycles. The van der Waals surface area contributed by atoms with E-state index in [0.717, 1.165) is 5.56 Å². The summed E-state index contributed by atoms with van der Waals surface area (Å²) in [4.78, 5) is 27.8. The predicted octanol–water partition coefficient (Wildman–Crippen LogP) is 4.21. The van der Waals surface area contributed by atoms with Crippen LogP contribution in [0.1, 0.15) is 37.7 Å². The highest BCUT2D eigenvalue weighted by atomic mass is 35.5. The molecule has 5 rings (SSSR count). The van der Waals surface area contributed by atoms with Crippen LogP contribution in [0.5, 0.6) is 0 Å². The third-order valence-electron chi connectivity index (χ3n) is 7.16. The summed E-state index contributed by atoms with van der Waals surface area (Å²) in [5.74, 6) is -0.305. The van der Waals surface area contributed by atoms with Crippen LogP contribution >= 0.6 is 23.2 Å². The highest BCUT2D eigenvalue weighted by molar-refractivity contribution is 7.92. The quantitative estimate of drug-likeness (QED) is 0.578. The normalized spacial score (nSPS) is 23.4.